The number of nitrogens with two attached hydrogens (primary N) is 1. The molecule has 0 unspecified atom stereocenters. The van der Waals surface area contributed by atoms with Crippen molar-refractivity contribution in [3.8, 4) is 0 Å². The van der Waals surface area contributed by atoms with Crippen LogP contribution in [0, 0.1) is 10.1 Å². The summed E-state index contributed by atoms with van der Waals surface area (Å²) in [7, 11) is 0. The Hall–Kier alpha value is -1.85. The summed E-state index contributed by atoms with van der Waals surface area (Å²) in [5.41, 5.74) is 4.84. The van der Waals surface area contributed by atoms with Crippen molar-refractivity contribution in [1.82, 2.24) is 4.57 Å². The van der Waals surface area contributed by atoms with E-state index in [9.17, 15) is 14.9 Å². The lowest BCUT2D eigenvalue weighted by Gasteiger charge is -1.94. The van der Waals surface area contributed by atoms with Crippen LogP contribution in [0.5, 0.6) is 0 Å². The molecule has 0 spiro atoms. The van der Waals surface area contributed by atoms with Crippen LogP contribution in [0.1, 0.15) is 0 Å². The van der Waals surface area contributed by atoms with Gasteiger partial charge in [-0.05, 0) is 0 Å². The van der Waals surface area contributed by atoms with Gasteiger partial charge in [0.15, 0.2) is 0 Å². The molecule has 2 N–H and O–H groups in total. The van der Waals surface area contributed by atoms with E-state index in [4.69, 9.17) is 5.73 Å². The summed E-state index contributed by atoms with van der Waals surface area (Å²) in [5.74, 6) is -0.527. The lowest BCUT2D eigenvalue weighted by atomic mass is 10.6. The summed E-state index contributed by atoms with van der Waals surface area (Å²) < 4.78 is 1.36. The molecule has 0 fully saturated rings. The molecule has 6 nitrogen and oxygen atoms in total. The number of hydrogen-bond donors (Lipinski definition) is 1. The van der Waals surface area contributed by atoms with E-state index in [1.807, 2.05) is 0 Å². The number of primary amides is 1. The molecule has 1 rings (SSSR count). The van der Waals surface area contributed by atoms with Crippen molar-refractivity contribution in [2.45, 2.75) is 6.54 Å². The molecular formula is C6H7N3O3. The normalized spacial score (nSPS) is 9.67. The monoisotopic (exact) mass is 169 g/mol. The van der Waals surface area contributed by atoms with Gasteiger partial charge in [-0.1, -0.05) is 0 Å². The van der Waals surface area contributed by atoms with Crippen molar-refractivity contribution >= 4 is 11.6 Å². The number of hydrogen-bond acceptors (Lipinski definition) is 3. The number of rotatable bonds is 3. The fraction of sp³-hybridized carbons (Fsp3) is 0.167. The summed E-state index contributed by atoms with van der Waals surface area (Å²) >= 11 is 0. The van der Waals surface area contributed by atoms with Gasteiger partial charge in [-0.3, -0.25) is 14.9 Å². The van der Waals surface area contributed by atoms with E-state index >= 15 is 0 Å². The van der Waals surface area contributed by atoms with Gasteiger partial charge >= 0.3 is 0 Å². The first-order valence-electron chi connectivity index (χ1n) is 3.18. The lowest BCUT2D eigenvalue weighted by molar-refractivity contribution is -0.384. The average molecular weight is 169 g/mol. The molecule has 0 saturated heterocycles. The highest BCUT2D eigenvalue weighted by Crippen LogP contribution is 2.09. The van der Waals surface area contributed by atoms with E-state index in [0.29, 0.717) is 0 Å². The Morgan fingerprint density at radius 3 is 2.83 bits per heavy atom. The molecule has 1 amide bonds. The zero-order chi connectivity index (χ0) is 9.14. The molecule has 64 valence electrons. The number of amides is 1. The number of nitro groups is 1. The number of nitrogens with zero attached hydrogens (tertiary/aromatic N) is 2. The maximum Gasteiger partial charge on any atom is 0.286 e. The van der Waals surface area contributed by atoms with Crippen LogP contribution >= 0.6 is 0 Å². The standard InChI is InChI=1S/C6H7N3O3/c7-6(10)4-8-2-1-5(3-8)9(11)12/h1-3H,4H2,(H2,7,10). The quantitative estimate of drug-likeness (QED) is 0.505. The van der Waals surface area contributed by atoms with Crippen LogP contribution in [-0.4, -0.2) is 15.4 Å². The number of carbonyl (C=O) groups excluding carboxylic acids is 1. The topological polar surface area (TPSA) is 91.2 Å². The Labute approximate surface area is 67.7 Å². The molecule has 1 aromatic heterocycles. The molecule has 0 aliphatic carbocycles. The van der Waals surface area contributed by atoms with Crippen molar-refractivity contribution in [2.75, 3.05) is 0 Å². The number of aromatic nitrogens is 1. The third-order valence-corrected chi connectivity index (χ3v) is 1.28. The third-order valence-electron chi connectivity index (χ3n) is 1.28. The molecule has 1 heterocycles. The maximum atomic E-state index is 10.4. The van der Waals surface area contributed by atoms with E-state index in [1.165, 1.54) is 23.0 Å². The van der Waals surface area contributed by atoms with Gasteiger partial charge in [0, 0.05) is 12.3 Å². The highest BCUT2D eigenvalue weighted by atomic mass is 16.6. The molecule has 6 heteroatoms. The predicted molar refractivity (Wildman–Crippen MR) is 40.3 cm³/mol. The Balaban J connectivity index is 2.77. The van der Waals surface area contributed by atoms with Crippen LogP contribution in [0.2, 0.25) is 0 Å². The summed E-state index contributed by atoms with van der Waals surface area (Å²) in [4.78, 5) is 20.0. The molecule has 0 bridgehead atoms. The summed E-state index contributed by atoms with van der Waals surface area (Å²) in [5, 5.41) is 10.2. The van der Waals surface area contributed by atoms with Crippen LogP contribution in [0.4, 0.5) is 5.69 Å². The van der Waals surface area contributed by atoms with Gasteiger partial charge in [-0.15, -0.1) is 0 Å². The molecule has 1 aromatic rings. The second kappa shape index (κ2) is 3.04. The van der Waals surface area contributed by atoms with Gasteiger partial charge < -0.3 is 10.3 Å². The summed E-state index contributed by atoms with van der Waals surface area (Å²) in [6, 6.07) is 1.31. The van der Waals surface area contributed by atoms with Gasteiger partial charge in [0.2, 0.25) is 5.91 Å². The van der Waals surface area contributed by atoms with E-state index in [2.05, 4.69) is 0 Å². The smallest absolute Gasteiger partial charge is 0.286 e. The molecule has 0 saturated carbocycles. The fourth-order valence-electron chi connectivity index (χ4n) is 0.814. The molecule has 0 aromatic carbocycles. The van der Waals surface area contributed by atoms with E-state index < -0.39 is 10.8 Å². The van der Waals surface area contributed by atoms with Crippen molar-refractivity contribution < 1.29 is 9.72 Å². The highest BCUT2D eigenvalue weighted by molar-refractivity contribution is 5.73. The summed E-state index contributed by atoms with van der Waals surface area (Å²) in [6.07, 6.45) is 2.69. The van der Waals surface area contributed by atoms with Gasteiger partial charge in [0.1, 0.15) is 6.54 Å². The average Bonchev–Trinajstić information content (AvgIpc) is 2.34. The summed E-state index contributed by atoms with van der Waals surface area (Å²) in [6.45, 7) is -0.0339. The van der Waals surface area contributed by atoms with E-state index in [1.54, 1.807) is 0 Å². The van der Waals surface area contributed by atoms with Crippen molar-refractivity contribution in [2.24, 2.45) is 5.73 Å². The van der Waals surface area contributed by atoms with Gasteiger partial charge in [-0.2, -0.15) is 0 Å². The maximum absolute atomic E-state index is 10.4. The Bertz CT molecular complexity index is 318. The first-order valence-corrected chi connectivity index (χ1v) is 3.18. The Morgan fingerprint density at radius 1 is 1.75 bits per heavy atom. The van der Waals surface area contributed by atoms with Crippen LogP contribution in [0.25, 0.3) is 0 Å². The Morgan fingerprint density at radius 2 is 2.42 bits per heavy atom. The van der Waals surface area contributed by atoms with Crippen molar-refractivity contribution in [3.05, 3.63) is 28.6 Å². The largest absolute Gasteiger partial charge is 0.368 e. The SMILES string of the molecule is NC(=O)Cn1ccc([N+](=O)[O-])c1. The van der Waals surface area contributed by atoms with Crippen LogP contribution in [-0.2, 0) is 11.3 Å². The molecule has 0 atom stereocenters. The minimum Gasteiger partial charge on any atom is -0.368 e. The van der Waals surface area contributed by atoms with Gasteiger partial charge in [0.05, 0.1) is 11.1 Å². The van der Waals surface area contributed by atoms with Crippen LogP contribution in [0.15, 0.2) is 18.5 Å². The molecule has 0 aliphatic rings. The molecule has 0 aliphatic heterocycles. The van der Waals surface area contributed by atoms with Crippen LogP contribution in [0.3, 0.4) is 0 Å². The van der Waals surface area contributed by atoms with Crippen molar-refractivity contribution in [3.63, 3.8) is 0 Å². The molecule has 12 heavy (non-hydrogen) atoms. The first-order chi connectivity index (χ1) is 5.59. The first kappa shape index (κ1) is 8.25. The predicted octanol–water partition coefficient (Wildman–Crippen LogP) is -0.118. The van der Waals surface area contributed by atoms with E-state index in [0.717, 1.165) is 0 Å². The third kappa shape index (κ3) is 1.82. The zero-order valence-electron chi connectivity index (χ0n) is 6.14. The molecule has 0 radical (unpaired) electrons. The minimum atomic E-state index is -0.530. The fourth-order valence-corrected chi connectivity index (χ4v) is 0.814. The molecular weight excluding hydrogens is 162 g/mol. The van der Waals surface area contributed by atoms with Gasteiger partial charge in [-0.25, -0.2) is 0 Å². The number of carbonyl (C=O) groups is 1. The zero-order valence-corrected chi connectivity index (χ0v) is 6.14. The lowest BCUT2D eigenvalue weighted by Crippen LogP contribution is -2.17. The minimum absolute atomic E-state index is 0.0339. The van der Waals surface area contributed by atoms with Crippen molar-refractivity contribution in [1.29, 1.82) is 0 Å². The van der Waals surface area contributed by atoms with Gasteiger partial charge in [0.25, 0.3) is 5.69 Å². The van der Waals surface area contributed by atoms with Crippen LogP contribution < -0.4 is 5.73 Å². The second-order valence-corrected chi connectivity index (χ2v) is 2.27. The van der Waals surface area contributed by atoms with E-state index in [-0.39, 0.29) is 12.2 Å². The Kier molecular flexibility index (Phi) is 2.09. The second-order valence-electron chi connectivity index (χ2n) is 2.27. The highest BCUT2D eigenvalue weighted by Gasteiger charge is 2.07.